The highest BCUT2D eigenvalue weighted by atomic mass is 16.6. The topological polar surface area (TPSA) is 114 Å². The number of aromatic nitrogens is 3. The van der Waals surface area contributed by atoms with Gasteiger partial charge in [0.05, 0.1) is 35.8 Å². The maximum absolute atomic E-state index is 12.0. The van der Waals surface area contributed by atoms with E-state index in [4.69, 9.17) is 9.47 Å². The molecule has 1 unspecified atom stereocenters. The van der Waals surface area contributed by atoms with Crippen LogP contribution in [-0.4, -0.2) is 44.1 Å². The lowest BCUT2D eigenvalue weighted by Crippen LogP contribution is -2.23. The molecule has 9 heteroatoms. The molecular formula is C29H31N5O4. The van der Waals surface area contributed by atoms with Crippen molar-refractivity contribution in [2.45, 2.75) is 57.9 Å². The largest absolute Gasteiger partial charge is 0.491 e. The van der Waals surface area contributed by atoms with Gasteiger partial charge in [0.2, 0.25) is 0 Å². The molecule has 0 bridgehead atoms. The molecule has 0 spiro atoms. The number of aliphatic hydroxyl groups is 1. The van der Waals surface area contributed by atoms with Gasteiger partial charge < -0.3 is 23.7 Å². The summed E-state index contributed by atoms with van der Waals surface area (Å²) in [5.74, 6) is 0.638. The van der Waals surface area contributed by atoms with E-state index < -0.39 is 12.2 Å². The van der Waals surface area contributed by atoms with E-state index in [1.807, 2.05) is 42.5 Å². The first-order valence-corrected chi connectivity index (χ1v) is 12.9. The molecule has 196 valence electrons. The van der Waals surface area contributed by atoms with Crippen LogP contribution in [-0.2, 0) is 11.3 Å². The zero-order valence-electron chi connectivity index (χ0n) is 21.5. The van der Waals surface area contributed by atoms with Crippen LogP contribution in [0.3, 0.4) is 0 Å². The average Bonchev–Trinajstić information content (AvgIpc) is 3.47. The van der Waals surface area contributed by atoms with Gasteiger partial charge in [0.25, 0.3) is 0 Å². The number of aliphatic hydroxyl groups excluding tert-OH is 1. The Kier molecular flexibility index (Phi) is 7.33. The van der Waals surface area contributed by atoms with Gasteiger partial charge in [-0.2, -0.15) is 5.26 Å². The average molecular weight is 514 g/mol. The highest BCUT2D eigenvalue weighted by molar-refractivity contribution is 5.96. The van der Waals surface area contributed by atoms with Gasteiger partial charge in [-0.25, -0.2) is 9.78 Å². The van der Waals surface area contributed by atoms with Crippen LogP contribution in [0.1, 0.15) is 44.7 Å². The first-order chi connectivity index (χ1) is 18.4. The van der Waals surface area contributed by atoms with Gasteiger partial charge in [0.15, 0.2) is 0 Å². The van der Waals surface area contributed by atoms with Crippen LogP contribution in [0.25, 0.3) is 22.2 Å². The normalized spacial score (nSPS) is 14.2. The summed E-state index contributed by atoms with van der Waals surface area (Å²) in [4.78, 5) is 16.0. The van der Waals surface area contributed by atoms with Crippen LogP contribution in [0.15, 0.2) is 61.2 Å². The Hall–Kier alpha value is -4.29. The fourth-order valence-electron chi connectivity index (χ4n) is 4.76. The van der Waals surface area contributed by atoms with Crippen molar-refractivity contribution in [3.05, 3.63) is 66.7 Å². The second kappa shape index (κ2) is 11.0. The van der Waals surface area contributed by atoms with Crippen molar-refractivity contribution in [3.63, 3.8) is 0 Å². The van der Waals surface area contributed by atoms with E-state index in [-0.39, 0.29) is 18.8 Å². The van der Waals surface area contributed by atoms with Crippen molar-refractivity contribution >= 4 is 22.7 Å². The number of nitrogens with zero attached hydrogens (tertiary/aromatic N) is 4. The number of rotatable bonds is 9. The highest BCUT2D eigenvalue weighted by Crippen LogP contribution is 2.43. The second-order valence-electron chi connectivity index (χ2n) is 9.85. The van der Waals surface area contributed by atoms with Gasteiger partial charge in [-0.15, -0.1) is 0 Å². The van der Waals surface area contributed by atoms with E-state index in [9.17, 15) is 15.2 Å². The number of carbonyl (C=O) groups is 1. The van der Waals surface area contributed by atoms with E-state index in [1.165, 1.54) is 0 Å². The third-order valence-electron chi connectivity index (χ3n) is 6.70. The smallest absolute Gasteiger partial charge is 0.411 e. The fourth-order valence-corrected chi connectivity index (χ4v) is 4.76. The van der Waals surface area contributed by atoms with Crippen LogP contribution in [0.2, 0.25) is 0 Å². The highest BCUT2D eigenvalue weighted by Gasteiger charge is 2.28. The molecule has 2 N–H and O–H groups in total. The minimum Gasteiger partial charge on any atom is -0.491 e. The van der Waals surface area contributed by atoms with Crippen LogP contribution >= 0.6 is 0 Å². The molecular weight excluding hydrogens is 482 g/mol. The maximum Gasteiger partial charge on any atom is 0.411 e. The van der Waals surface area contributed by atoms with E-state index in [1.54, 1.807) is 37.1 Å². The first-order valence-electron chi connectivity index (χ1n) is 12.9. The van der Waals surface area contributed by atoms with Gasteiger partial charge in [-0.1, -0.05) is 12.1 Å². The molecule has 0 radical (unpaired) electrons. The van der Waals surface area contributed by atoms with Crippen LogP contribution < -0.4 is 10.1 Å². The Bertz CT molecular complexity index is 1450. The van der Waals surface area contributed by atoms with Crippen molar-refractivity contribution in [1.29, 1.82) is 5.26 Å². The summed E-state index contributed by atoms with van der Waals surface area (Å²) in [6, 6.07) is 15.9. The zero-order chi connectivity index (χ0) is 26.6. The SMILES string of the molecule is CC(C)OC(=O)Nc1ccc(-c2c(C#N)c3ccc(OCC(O)Cn4ccnc4)cc3n2C2CCC2)cc1. The molecule has 4 aromatic rings. The zero-order valence-corrected chi connectivity index (χ0v) is 21.5. The second-order valence-corrected chi connectivity index (χ2v) is 9.85. The van der Waals surface area contributed by atoms with Gasteiger partial charge in [0, 0.05) is 35.6 Å². The summed E-state index contributed by atoms with van der Waals surface area (Å²) in [5, 5.41) is 24.2. The van der Waals surface area contributed by atoms with E-state index in [0.717, 1.165) is 41.4 Å². The Morgan fingerprint density at radius 1 is 1.24 bits per heavy atom. The van der Waals surface area contributed by atoms with E-state index in [2.05, 4.69) is 20.9 Å². The molecule has 2 aromatic carbocycles. The number of ether oxygens (including phenoxy) is 2. The predicted octanol–water partition coefficient (Wildman–Crippen LogP) is 5.50. The predicted molar refractivity (Wildman–Crippen MR) is 144 cm³/mol. The standard InChI is InChI=1S/C29H31N5O4/c1-19(2)38-29(36)32-21-8-6-20(7-9-21)28-26(15-30)25-11-10-24(14-27(25)34(28)22-4-3-5-22)37-17-23(35)16-33-13-12-31-18-33/h6-14,18-19,22-23,35H,3-5,16-17H2,1-2H3,(H,32,36). The quantitative estimate of drug-likeness (QED) is 0.306. The summed E-state index contributed by atoms with van der Waals surface area (Å²) >= 11 is 0. The minimum atomic E-state index is -0.687. The van der Waals surface area contributed by atoms with Gasteiger partial charge in [0.1, 0.15) is 24.5 Å². The van der Waals surface area contributed by atoms with Gasteiger partial charge in [-0.3, -0.25) is 5.32 Å². The van der Waals surface area contributed by atoms with Crippen molar-refractivity contribution in [3.8, 4) is 23.1 Å². The number of nitrogens with one attached hydrogen (secondary N) is 1. The fraction of sp³-hybridized carbons (Fsp3) is 0.345. The molecule has 0 aliphatic heterocycles. The van der Waals surface area contributed by atoms with Crippen molar-refractivity contribution in [2.24, 2.45) is 0 Å². The first kappa shape index (κ1) is 25.4. The molecule has 9 nitrogen and oxygen atoms in total. The summed E-state index contributed by atoms with van der Waals surface area (Å²) in [7, 11) is 0. The summed E-state index contributed by atoms with van der Waals surface area (Å²) in [5.41, 5.74) is 3.92. The summed E-state index contributed by atoms with van der Waals surface area (Å²) < 4.78 is 15.2. The Morgan fingerprint density at radius 2 is 2.03 bits per heavy atom. The molecule has 38 heavy (non-hydrogen) atoms. The third-order valence-corrected chi connectivity index (χ3v) is 6.70. The number of fused-ring (bicyclic) bond motifs is 1. The molecule has 2 aromatic heterocycles. The number of carbonyl (C=O) groups excluding carboxylic acids is 1. The Balaban J connectivity index is 1.44. The number of anilines is 1. The Morgan fingerprint density at radius 3 is 2.66 bits per heavy atom. The molecule has 1 amide bonds. The lowest BCUT2D eigenvalue weighted by Gasteiger charge is -2.30. The third kappa shape index (κ3) is 5.36. The number of benzene rings is 2. The Labute approximate surface area is 221 Å². The lowest BCUT2D eigenvalue weighted by molar-refractivity contribution is 0.0925. The van der Waals surface area contributed by atoms with Crippen LogP contribution in [0.5, 0.6) is 5.75 Å². The molecule has 0 saturated heterocycles. The van der Waals surface area contributed by atoms with E-state index >= 15 is 0 Å². The minimum absolute atomic E-state index is 0.138. The number of hydrogen-bond donors (Lipinski definition) is 2. The monoisotopic (exact) mass is 513 g/mol. The molecule has 1 fully saturated rings. The van der Waals surface area contributed by atoms with Crippen molar-refractivity contribution < 1.29 is 19.4 Å². The van der Waals surface area contributed by atoms with E-state index in [0.29, 0.717) is 23.5 Å². The summed E-state index contributed by atoms with van der Waals surface area (Å²) in [6.07, 6.45) is 6.95. The molecule has 1 saturated carbocycles. The molecule has 1 atom stereocenters. The number of hydrogen-bond acceptors (Lipinski definition) is 6. The van der Waals surface area contributed by atoms with Crippen molar-refractivity contribution in [1.82, 2.24) is 14.1 Å². The van der Waals surface area contributed by atoms with Crippen molar-refractivity contribution in [2.75, 3.05) is 11.9 Å². The van der Waals surface area contributed by atoms with Crippen LogP contribution in [0, 0.1) is 11.3 Å². The lowest BCUT2D eigenvalue weighted by atomic mass is 9.92. The number of nitriles is 1. The summed E-state index contributed by atoms with van der Waals surface area (Å²) in [6.45, 7) is 4.12. The van der Waals surface area contributed by atoms with Gasteiger partial charge >= 0.3 is 6.09 Å². The molecule has 5 rings (SSSR count). The molecule has 1 aliphatic carbocycles. The molecule has 1 aliphatic rings. The van der Waals surface area contributed by atoms with Gasteiger partial charge in [-0.05, 0) is 62.9 Å². The number of amides is 1. The maximum atomic E-state index is 12.0. The molecule has 2 heterocycles. The number of imidazole rings is 1. The van der Waals surface area contributed by atoms with Crippen LogP contribution in [0.4, 0.5) is 10.5 Å².